The van der Waals surface area contributed by atoms with Crippen molar-refractivity contribution in [2.45, 2.75) is 4.90 Å². The van der Waals surface area contributed by atoms with Gasteiger partial charge < -0.3 is 0 Å². The van der Waals surface area contributed by atoms with E-state index < -0.39 is 0 Å². The van der Waals surface area contributed by atoms with E-state index >= 15 is 0 Å². The van der Waals surface area contributed by atoms with Gasteiger partial charge in [-0.3, -0.25) is 4.79 Å². The van der Waals surface area contributed by atoms with E-state index in [0.29, 0.717) is 20.5 Å². The maximum atomic E-state index is 11.9. The third-order valence-electron chi connectivity index (χ3n) is 2.11. The van der Waals surface area contributed by atoms with Gasteiger partial charge >= 0.3 is 0 Å². The summed E-state index contributed by atoms with van der Waals surface area (Å²) < 4.78 is 0. The fraction of sp³-hybridized carbons (Fsp3) is 0. The van der Waals surface area contributed by atoms with Gasteiger partial charge in [0.15, 0.2) is 0 Å². The Morgan fingerprint density at radius 3 is 2.35 bits per heavy atom. The van der Waals surface area contributed by atoms with Crippen LogP contribution < -0.4 is 0 Å². The molecule has 0 aliphatic heterocycles. The molecule has 0 aliphatic rings. The minimum Gasteiger partial charge on any atom is -0.281 e. The largest absolute Gasteiger partial charge is 0.281 e. The second kappa shape index (κ2) is 5.58. The van der Waals surface area contributed by atoms with Crippen LogP contribution in [0.4, 0.5) is 0 Å². The molecule has 0 bridgehead atoms. The van der Waals surface area contributed by atoms with Crippen LogP contribution in [0.2, 0.25) is 10.0 Å². The Hall–Kier alpha value is -0.960. The van der Waals surface area contributed by atoms with Gasteiger partial charge in [0.25, 0.3) is 0 Å². The molecule has 0 radical (unpaired) electrons. The molecular weight excluding hydrogens is 275 g/mol. The molecule has 0 fully saturated rings. The summed E-state index contributed by atoms with van der Waals surface area (Å²) in [6.07, 6.45) is 0. The van der Waals surface area contributed by atoms with Crippen molar-refractivity contribution in [3.05, 3.63) is 64.1 Å². The van der Waals surface area contributed by atoms with Crippen molar-refractivity contribution >= 4 is 40.1 Å². The first kappa shape index (κ1) is 12.5. The highest BCUT2D eigenvalue weighted by Gasteiger charge is 2.10. The highest BCUT2D eigenvalue weighted by molar-refractivity contribution is 8.14. The number of carbonyl (C=O) groups excluding carboxylic acids is 1. The standard InChI is InChI=1S/C13H8Cl2OS/c14-10-6-7-12(11(15)8-10)17-13(16)9-4-2-1-3-5-9/h1-8H. The molecular formula is C13H8Cl2OS. The summed E-state index contributed by atoms with van der Waals surface area (Å²) in [5.41, 5.74) is 0.656. The van der Waals surface area contributed by atoms with Crippen molar-refractivity contribution in [3.8, 4) is 0 Å². The Bertz CT molecular complexity index is 540. The van der Waals surface area contributed by atoms with E-state index in [0.717, 1.165) is 11.8 Å². The maximum Gasteiger partial charge on any atom is 0.224 e. The summed E-state index contributed by atoms with van der Waals surface area (Å²) >= 11 is 12.9. The third-order valence-corrected chi connectivity index (χ3v) is 3.76. The van der Waals surface area contributed by atoms with Crippen molar-refractivity contribution < 1.29 is 4.79 Å². The van der Waals surface area contributed by atoms with E-state index in [2.05, 4.69) is 0 Å². The van der Waals surface area contributed by atoms with Gasteiger partial charge in [-0.05, 0) is 30.0 Å². The highest BCUT2D eigenvalue weighted by atomic mass is 35.5. The quantitative estimate of drug-likeness (QED) is 0.727. The Balaban J connectivity index is 2.19. The van der Waals surface area contributed by atoms with Gasteiger partial charge in [-0.15, -0.1) is 0 Å². The molecule has 0 amide bonds. The van der Waals surface area contributed by atoms with Crippen LogP contribution in [0, 0.1) is 0 Å². The van der Waals surface area contributed by atoms with Crippen LogP contribution in [0.1, 0.15) is 10.4 Å². The van der Waals surface area contributed by atoms with Crippen molar-refractivity contribution in [1.29, 1.82) is 0 Å². The van der Waals surface area contributed by atoms with Crippen LogP contribution >= 0.6 is 35.0 Å². The zero-order chi connectivity index (χ0) is 12.3. The van der Waals surface area contributed by atoms with Crippen molar-refractivity contribution in [2.24, 2.45) is 0 Å². The van der Waals surface area contributed by atoms with Gasteiger partial charge in [-0.1, -0.05) is 53.5 Å². The summed E-state index contributed by atoms with van der Waals surface area (Å²) in [4.78, 5) is 12.6. The number of rotatable bonds is 2. The van der Waals surface area contributed by atoms with Crippen LogP contribution in [-0.4, -0.2) is 5.12 Å². The van der Waals surface area contributed by atoms with E-state index in [4.69, 9.17) is 23.2 Å². The predicted molar refractivity (Wildman–Crippen MR) is 73.1 cm³/mol. The minimum atomic E-state index is -0.0326. The SMILES string of the molecule is O=C(Sc1ccc(Cl)cc1Cl)c1ccccc1. The molecule has 4 heteroatoms. The van der Waals surface area contributed by atoms with Gasteiger partial charge in [-0.25, -0.2) is 0 Å². The summed E-state index contributed by atoms with van der Waals surface area (Å²) in [6.45, 7) is 0. The lowest BCUT2D eigenvalue weighted by molar-refractivity contribution is 0.108. The first-order valence-electron chi connectivity index (χ1n) is 4.89. The third kappa shape index (κ3) is 3.25. The van der Waals surface area contributed by atoms with Crippen LogP contribution in [0.25, 0.3) is 0 Å². The molecule has 0 saturated carbocycles. The lowest BCUT2D eigenvalue weighted by atomic mass is 10.2. The molecule has 86 valence electrons. The molecule has 0 atom stereocenters. The van der Waals surface area contributed by atoms with E-state index in [1.54, 1.807) is 30.3 Å². The van der Waals surface area contributed by atoms with Crippen molar-refractivity contribution in [2.75, 3.05) is 0 Å². The normalized spacial score (nSPS) is 10.2. The van der Waals surface area contributed by atoms with Crippen molar-refractivity contribution in [1.82, 2.24) is 0 Å². The molecule has 0 N–H and O–H groups in total. The van der Waals surface area contributed by atoms with E-state index in [1.165, 1.54) is 0 Å². The number of hydrogen-bond acceptors (Lipinski definition) is 2. The number of thioether (sulfide) groups is 1. The highest BCUT2D eigenvalue weighted by Crippen LogP contribution is 2.31. The Morgan fingerprint density at radius 1 is 1.00 bits per heavy atom. The second-order valence-corrected chi connectivity index (χ2v) is 5.19. The lowest BCUT2D eigenvalue weighted by Gasteiger charge is -2.03. The first-order chi connectivity index (χ1) is 8.16. The molecule has 0 aliphatic carbocycles. The second-order valence-electron chi connectivity index (χ2n) is 3.33. The zero-order valence-electron chi connectivity index (χ0n) is 8.69. The Kier molecular flexibility index (Phi) is 4.11. The summed E-state index contributed by atoms with van der Waals surface area (Å²) in [7, 11) is 0. The number of hydrogen-bond donors (Lipinski definition) is 0. The number of carbonyl (C=O) groups is 1. The fourth-order valence-electron chi connectivity index (χ4n) is 1.29. The van der Waals surface area contributed by atoms with E-state index in [-0.39, 0.29) is 5.12 Å². The summed E-state index contributed by atoms with van der Waals surface area (Å²) in [5, 5.41) is 1.02. The van der Waals surface area contributed by atoms with Gasteiger partial charge in [-0.2, -0.15) is 0 Å². The lowest BCUT2D eigenvalue weighted by Crippen LogP contribution is -1.92. The molecule has 2 aromatic carbocycles. The van der Waals surface area contributed by atoms with Crippen LogP contribution in [0.5, 0.6) is 0 Å². The first-order valence-corrected chi connectivity index (χ1v) is 6.46. The number of halogens is 2. The monoisotopic (exact) mass is 282 g/mol. The van der Waals surface area contributed by atoms with E-state index in [9.17, 15) is 4.79 Å². The maximum absolute atomic E-state index is 11.9. The Labute approximate surface area is 114 Å². The van der Waals surface area contributed by atoms with Gasteiger partial charge in [0.1, 0.15) is 0 Å². The molecule has 2 rings (SSSR count). The van der Waals surface area contributed by atoms with Crippen LogP contribution in [0.15, 0.2) is 53.4 Å². The number of benzene rings is 2. The average Bonchev–Trinajstić information content (AvgIpc) is 2.34. The zero-order valence-corrected chi connectivity index (χ0v) is 11.0. The van der Waals surface area contributed by atoms with Gasteiger partial charge in [0.05, 0.1) is 5.02 Å². The molecule has 0 aromatic heterocycles. The molecule has 1 nitrogen and oxygen atoms in total. The Morgan fingerprint density at radius 2 is 1.71 bits per heavy atom. The molecule has 0 heterocycles. The summed E-state index contributed by atoms with van der Waals surface area (Å²) in [6, 6.07) is 14.2. The minimum absolute atomic E-state index is 0.0326. The molecule has 17 heavy (non-hydrogen) atoms. The summed E-state index contributed by atoms with van der Waals surface area (Å²) in [5.74, 6) is 0. The topological polar surface area (TPSA) is 17.1 Å². The van der Waals surface area contributed by atoms with Gasteiger partial charge in [0, 0.05) is 15.5 Å². The van der Waals surface area contributed by atoms with Crippen molar-refractivity contribution in [3.63, 3.8) is 0 Å². The molecule has 2 aromatic rings. The molecule has 0 spiro atoms. The van der Waals surface area contributed by atoms with Gasteiger partial charge in [0.2, 0.25) is 5.12 Å². The van der Waals surface area contributed by atoms with Crippen LogP contribution in [0.3, 0.4) is 0 Å². The predicted octanol–water partition coefficient (Wildman–Crippen LogP) is 4.93. The molecule has 0 saturated heterocycles. The smallest absolute Gasteiger partial charge is 0.224 e. The average molecular weight is 283 g/mol. The van der Waals surface area contributed by atoms with Crippen LogP contribution in [-0.2, 0) is 0 Å². The van der Waals surface area contributed by atoms with E-state index in [1.807, 2.05) is 18.2 Å². The molecule has 0 unspecified atom stereocenters. The fourth-order valence-corrected chi connectivity index (χ4v) is 2.56.